The molecule has 0 unspecified atom stereocenters. The van der Waals surface area contributed by atoms with Crippen LogP contribution in [0, 0.1) is 11.6 Å². The molecule has 0 aliphatic carbocycles. The summed E-state index contributed by atoms with van der Waals surface area (Å²) >= 11 is 4.90. The van der Waals surface area contributed by atoms with Gasteiger partial charge in [-0.15, -0.1) is 11.3 Å². The Morgan fingerprint density at radius 1 is 1.42 bits per heavy atom. The van der Waals surface area contributed by atoms with Crippen molar-refractivity contribution in [1.29, 1.82) is 0 Å². The van der Waals surface area contributed by atoms with Crippen LogP contribution in [0.2, 0.25) is 0 Å². The van der Waals surface area contributed by atoms with E-state index in [0.717, 1.165) is 15.4 Å². The highest BCUT2D eigenvalue weighted by Crippen LogP contribution is 2.25. The third-order valence-electron chi connectivity index (χ3n) is 2.45. The van der Waals surface area contributed by atoms with Crippen molar-refractivity contribution < 1.29 is 8.78 Å². The van der Waals surface area contributed by atoms with Crippen molar-refractivity contribution in [2.24, 2.45) is 5.84 Å². The Balaban J connectivity index is 2.25. The third kappa shape index (κ3) is 3.20. The monoisotopic (exact) mass is 348 g/mol. The van der Waals surface area contributed by atoms with E-state index in [4.69, 9.17) is 5.84 Å². The summed E-state index contributed by atoms with van der Waals surface area (Å²) < 4.78 is 28.0. The highest BCUT2D eigenvalue weighted by molar-refractivity contribution is 9.11. The molecule has 0 aliphatic rings. The van der Waals surface area contributed by atoms with Crippen LogP contribution in [-0.4, -0.2) is 12.0 Å². The first kappa shape index (κ1) is 14.2. The van der Waals surface area contributed by atoms with Crippen LogP contribution in [0.1, 0.15) is 5.56 Å². The predicted octanol–water partition coefficient (Wildman–Crippen LogP) is 3.11. The second-order valence-electron chi connectivity index (χ2n) is 3.88. The number of nitrogens with zero attached hydrogens (tertiary/aromatic N) is 2. The number of pyridine rings is 1. The van der Waals surface area contributed by atoms with Gasteiger partial charge >= 0.3 is 0 Å². The van der Waals surface area contributed by atoms with E-state index >= 15 is 0 Å². The topological polar surface area (TPSA) is 54.2 Å². The summed E-state index contributed by atoms with van der Waals surface area (Å²) in [5.74, 6) is 3.43. The molecule has 2 aromatic rings. The minimum Gasteiger partial charge on any atom is -0.353 e. The van der Waals surface area contributed by atoms with Gasteiger partial charge in [-0.3, -0.25) is 0 Å². The number of nitrogens with two attached hydrogens (primary N) is 1. The van der Waals surface area contributed by atoms with E-state index in [1.165, 1.54) is 11.3 Å². The van der Waals surface area contributed by atoms with Crippen molar-refractivity contribution in [1.82, 2.24) is 4.98 Å². The maximum atomic E-state index is 13.7. The van der Waals surface area contributed by atoms with Crippen molar-refractivity contribution in [2.75, 3.05) is 17.4 Å². The number of hydrogen-bond acceptors (Lipinski definition) is 5. The lowest BCUT2D eigenvalue weighted by atomic mass is 10.3. The Bertz CT molecular complexity index is 590. The molecule has 102 valence electrons. The summed E-state index contributed by atoms with van der Waals surface area (Å²) in [6.07, 6.45) is 0. The predicted molar refractivity (Wildman–Crippen MR) is 76.1 cm³/mol. The second kappa shape index (κ2) is 5.81. The Kier molecular flexibility index (Phi) is 4.33. The molecule has 3 N–H and O–H groups in total. The van der Waals surface area contributed by atoms with E-state index in [9.17, 15) is 8.78 Å². The molecule has 0 saturated heterocycles. The van der Waals surface area contributed by atoms with Gasteiger partial charge in [0.2, 0.25) is 0 Å². The molecule has 0 spiro atoms. The van der Waals surface area contributed by atoms with E-state index in [0.29, 0.717) is 6.54 Å². The van der Waals surface area contributed by atoms with E-state index in [1.807, 2.05) is 11.4 Å². The first-order valence-corrected chi connectivity index (χ1v) is 6.95. The fourth-order valence-electron chi connectivity index (χ4n) is 1.60. The van der Waals surface area contributed by atoms with Crippen molar-refractivity contribution in [2.45, 2.75) is 6.54 Å². The minimum absolute atomic E-state index is 0.0386. The Morgan fingerprint density at radius 2 is 2.16 bits per heavy atom. The Hall–Kier alpha value is -1.25. The molecule has 0 fully saturated rings. The van der Waals surface area contributed by atoms with Crippen LogP contribution in [-0.2, 0) is 6.54 Å². The van der Waals surface area contributed by atoms with Gasteiger partial charge in [-0.1, -0.05) is 0 Å². The number of rotatable bonds is 4. The molecule has 2 heterocycles. The second-order valence-corrected chi connectivity index (χ2v) is 6.17. The first-order valence-electron chi connectivity index (χ1n) is 5.28. The van der Waals surface area contributed by atoms with Gasteiger partial charge in [-0.25, -0.2) is 19.6 Å². The fourth-order valence-corrected chi connectivity index (χ4v) is 2.80. The lowest BCUT2D eigenvalue weighted by Crippen LogP contribution is -2.21. The highest BCUT2D eigenvalue weighted by atomic mass is 79.9. The number of hydrazine groups is 1. The highest BCUT2D eigenvalue weighted by Gasteiger charge is 2.15. The van der Waals surface area contributed by atoms with Gasteiger partial charge in [0, 0.05) is 19.7 Å². The maximum absolute atomic E-state index is 13.7. The first-order chi connectivity index (χ1) is 9.01. The lowest BCUT2D eigenvalue weighted by molar-refractivity contribution is 0.572. The van der Waals surface area contributed by atoms with Gasteiger partial charge in [0.1, 0.15) is 0 Å². The van der Waals surface area contributed by atoms with Crippen molar-refractivity contribution >= 4 is 38.9 Å². The molecule has 0 atom stereocenters. The van der Waals surface area contributed by atoms with Gasteiger partial charge in [-0.05, 0) is 32.9 Å². The van der Waals surface area contributed by atoms with E-state index in [1.54, 1.807) is 11.9 Å². The molecule has 0 aliphatic heterocycles. The number of aromatic nitrogens is 1. The molecule has 0 saturated carbocycles. The number of anilines is 2. The van der Waals surface area contributed by atoms with E-state index in [2.05, 4.69) is 26.3 Å². The molecule has 4 nitrogen and oxygen atoms in total. The number of hydrogen-bond donors (Lipinski definition) is 2. The van der Waals surface area contributed by atoms with Crippen molar-refractivity contribution in [3.63, 3.8) is 0 Å². The fraction of sp³-hybridized carbons (Fsp3) is 0.182. The standard InChI is InChI=1S/C11H11BrF2N4S/c1-18(4-6-2-9(12)19-5-6)11-8(14)3-7(13)10(16-11)17-15/h2-3,5H,4,15H2,1H3,(H,16,17). The zero-order chi connectivity index (χ0) is 14.0. The molecule has 2 rings (SSSR count). The number of nitrogens with one attached hydrogen (secondary N) is 1. The quantitative estimate of drug-likeness (QED) is 0.658. The van der Waals surface area contributed by atoms with Crippen LogP contribution in [0.4, 0.5) is 20.4 Å². The average molecular weight is 349 g/mol. The molecule has 0 amide bonds. The van der Waals surface area contributed by atoms with Crippen molar-refractivity contribution in [3.05, 3.63) is 38.5 Å². The Labute approximate surface area is 121 Å². The maximum Gasteiger partial charge on any atom is 0.178 e. The van der Waals surface area contributed by atoms with Gasteiger partial charge in [0.05, 0.1) is 3.79 Å². The van der Waals surface area contributed by atoms with Crippen LogP contribution < -0.4 is 16.2 Å². The average Bonchev–Trinajstić information content (AvgIpc) is 2.74. The van der Waals surface area contributed by atoms with Crippen LogP contribution in [0.25, 0.3) is 0 Å². The molecule has 2 aromatic heterocycles. The number of nitrogen functional groups attached to an aromatic ring is 1. The molecular weight excluding hydrogens is 338 g/mol. The molecule has 0 aromatic carbocycles. The summed E-state index contributed by atoms with van der Waals surface area (Å²) in [7, 11) is 1.68. The summed E-state index contributed by atoms with van der Waals surface area (Å²) in [5.41, 5.74) is 3.11. The minimum atomic E-state index is -0.824. The van der Waals surface area contributed by atoms with Gasteiger partial charge in [0.25, 0.3) is 0 Å². The van der Waals surface area contributed by atoms with Gasteiger partial charge < -0.3 is 10.3 Å². The van der Waals surface area contributed by atoms with Gasteiger partial charge in [0.15, 0.2) is 23.3 Å². The van der Waals surface area contributed by atoms with Crippen LogP contribution >= 0.6 is 27.3 Å². The zero-order valence-electron chi connectivity index (χ0n) is 9.95. The summed E-state index contributed by atoms with van der Waals surface area (Å²) in [5, 5.41) is 1.95. The van der Waals surface area contributed by atoms with Crippen LogP contribution in [0.15, 0.2) is 21.3 Å². The lowest BCUT2D eigenvalue weighted by Gasteiger charge is -2.19. The molecule has 0 radical (unpaired) electrons. The molecule has 8 heteroatoms. The zero-order valence-corrected chi connectivity index (χ0v) is 12.4. The SMILES string of the molecule is CN(Cc1csc(Br)c1)c1nc(NN)c(F)cc1F. The smallest absolute Gasteiger partial charge is 0.178 e. The number of thiophene rings is 1. The van der Waals surface area contributed by atoms with Crippen molar-refractivity contribution in [3.8, 4) is 0 Å². The molecule has 19 heavy (non-hydrogen) atoms. The summed E-state index contributed by atoms with van der Waals surface area (Å²) in [6, 6.07) is 2.70. The summed E-state index contributed by atoms with van der Waals surface area (Å²) in [4.78, 5) is 5.41. The van der Waals surface area contributed by atoms with E-state index in [-0.39, 0.29) is 11.6 Å². The normalized spacial score (nSPS) is 10.6. The van der Waals surface area contributed by atoms with Crippen LogP contribution in [0.3, 0.4) is 0 Å². The van der Waals surface area contributed by atoms with Gasteiger partial charge in [-0.2, -0.15) is 0 Å². The Morgan fingerprint density at radius 3 is 2.74 bits per heavy atom. The molecule has 0 bridgehead atoms. The summed E-state index contributed by atoms with van der Waals surface area (Å²) in [6.45, 7) is 0.460. The van der Waals surface area contributed by atoms with Crippen LogP contribution in [0.5, 0.6) is 0 Å². The third-order valence-corrected chi connectivity index (χ3v) is 4.00. The molecular formula is C11H11BrF2N4S. The number of halogens is 3. The largest absolute Gasteiger partial charge is 0.353 e. The van der Waals surface area contributed by atoms with E-state index < -0.39 is 11.6 Å².